The highest BCUT2D eigenvalue weighted by molar-refractivity contribution is 7.99. The van der Waals surface area contributed by atoms with Crippen LogP contribution in [0.3, 0.4) is 0 Å². The molecule has 5 nitrogen and oxygen atoms in total. The minimum absolute atomic E-state index is 0.172. The van der Waals surface area contributed by atoms with Crippen molar-refractivity contribution < 1.29 is 13.9 Å². The smallest absolute Gasteiger partial charge is 0.223 e. The second-order valence-electron chi connectivity index (χ2n) is 6.72. The molecule has 8 heteroatoms. The molecule has 0 unspecified atom stereocenters. The fraction of sp³-hybridized carbons (Fsp3) is 0.333. The van der Waals surface area contributed by atoms with Crippen LogP contribution >= 0.6 is 23.1 Å². The highest BCUT2D eigenvalue weighted by Gasteiger charge is 2.23. The molecule has 0 bridgehead atoms. The van der Waals surface area contributed by atoms with Gasteiger partial charge < -0.3 is 14.5 Å². The van der Waals surface area contributed by atoms with Gasteiger partial charge in [0.05, 0.1) is 11.8 Å². The lowest BCUT2D eigenvalue weighted by molar-refractivity contribution is -0.131. The zero-order chi connectivity index (χ0) is 20.2. The number of fused-ring (bicyclic) bond motifs is 1. The van der Waals surface area contributed by atoms with Crippen LogP contribution in [0.1, 0.15) is 6.42 Å². The molecule has 1 saturated heterocycles. The standard InChI is InChI=1S/C21H22FN3O2S2/c1-27-17-3-2-4-18-20(17)23-21(29-18)25-12-10-24(11-13-25)19(26)9-14-28-16-7-5-15(22)6-8-16/h2-8H,9-14H2,1H3. The molecule has 1 aliphatic heterocycles. The number of hydrogen-bond donors (Lipinski definition) is 0. The molecule has 2 aromatic carbocycles. The van der Waals surface area contributed by atoms with Crippen LogP contribution in [-0.4, -0.2) is 54.8 Å². The molecule has 0 aliphatic carbocycles. The lowest BCUT2D eigenvalue weighted by Crippen LogP contribution is -2.48. The number of anilines is 1. The Balaban J connectivity index is 1.28. The predicted octanol–water partition coefficient (Wildman–Crippen LogP) is 4.28. The zero-order valence-corrected chi connectivity index (χ0v) is 17.8. The predicted molar refractivity (Wildman–Crippen MR) is 117 cm³/mol. The van der Waals surface area contributed by atoms with Crippen LogP contribution in [0.2, 0.25) is 0 Å². The fourth-order valence-electron chi connectivity index (χ4n) is 3.30. The molecule has 29 heavy (non-hydrogen) atoms. The molecule has 152 valence electrons. The van der Waals surface area contributed by atoms with Gasteiger partial charge in [0.25, 0.3) is 0 Å². The number of thioether (sulfide) groups is 1. The van der Waals surface area contributed by atoms with Crippen LogP contribution in [-0.2, 0) is 4.79 Å². The first kappa shape index (κ1) is 20.0. The summed E-state index contributed by atoms with van der Waals surface area (Å²) in [5.74, 6) is 1.42. The first-order valence-corrected chi connectivity index (χ1v) is 11.3. The molecule has 1 aliphatic rings. The molecule has 0 radical (unpaired) electrons. The highest BCUT2D eigenvalue weighted by Crippen LogP contribution is 2.34. The molecule has 0 N–H and O–H groups in total. The quantitative estimate of drug-likeness (QED) is 0.546. The minimum Gasteiger partial charge on any atom is -0.494 e. The molecule has 1 amide bonds. The van der Waals surface area contributed by atoms with Gasteiger partial charge in [-0.3, -0.25) is 4.79 Å². The van der Waals surface area contributed by atoms with Gasteiger partial charge in [-0.2, -0.15) is 0 Å². The summed E-state index contributed by atoms with van der Waals surface area (Å²) in [6.45, 7) is 2.96. The fourth-order valence-corrected chi connectivity index (χ4v) is 5.18. The molecule has 4 rings (SSSR count). The Morgan fingerprint density at radius 1 is 1.17 bits per heavy atom. The number of hydrogen-bond acceptors (Lipinski definition) is 6. The second kappa shape index (κ2) is 9.00. The first-order valence-electron chi connectivity index (χ1n) is 9.48. The van der Waals surface area contributed by atoms with Crippen LogP contribution in [0.15, 0.2) is 47.4 Å². The number of aromatic nitrogens is 1. The van der Waals surface area contributed by atoms with E-state index in [9.17, 15) is 9.18 Å². The number of carbonyl (C=O) groups excluding carboxylic acids is 1. The summed E-state index contributed by atoms with van der Waals surface area (Å²) in [5, 5.41) is 0.975. The summed E-state index contributed by atoms with van der Waals surface area (Å²) in [7, 11) is 1.66. The number of benzene rings is 2. The van der Waals surface area contributed by atoms with Crippen molar-refractivity contribution in [3.05, 3.63) is 48.3 Å². The molecule has 1 fully saturated rings. The Bertz CT molecular complexity index is 985. The van der Waals surface area contributed by atoms with E-state index in [4.69, 9.17) is 9.72 Å². The maximum Gasteiger partial charge on any atom is 0.223 e. The zero-order valence-electron chi connectivity index (χ0n) is 16.1. The Labute approximate surface area is 177 Å². The Morgan fingerprint density at radius 2 is 1.93 bits per heavy atom. The number of nitrogens with zero attached hydrogens (tertiary/aromatic N) is 3. The summed E-state index contributed by atoms with van der Waals surface area (Å²) in [5.41, 5.74) is 0.895. The van der Waals surface area contributed by atoms with Gasteiger partial charge in [0.1, 0.15) is 17.1 Å². The van der Waals surface area contributed by atoms with Gasteiger partial charge in [0.15, 0.2) is 5.13 Å². The van der Waals surface area contributed by atoms with Crippen molar-refractivity contribution in [1.29, 1.82) is 0 Å². The van der Waals surface area contributed by atoms with E-state index in [1.807, 2.05) is 17.0 Å². The van der Waals surface area contributed by atoms with Gasteiger partial charge >= 0.3 is 0 Å². The van der Waals surface area contributed by atoms with Crippen molar-refractivity contribution in [2.24, 2.45) is 0 Å². The number of methoxy groups -OCH3 is 1. The van der Waals surface area contributed by atoms with Crippen molar-refractivity contribution in [1.82, 2.24) is 9.88 Å². The largest absolute Gasteiger partial charge is 0.494 e. The number of rotatable bonds is 6. The Kier molecular flexibility index (Phi) is 6.20. The number of amides is 1. The van der Waals surface area contributed by atoms with E-state index >= 15 is 0 Å². The lowest BCUT2D eigenvalue weighted by atomic mass is 10.3. The van der Waals surface area contributed by atoms with Crippen molar-refractivity contribution >= 4 is 44.4 Å². The number of piperazine rings is 1. The summed E-state index contributed by atoms with van der Waals surface area (Å²) in [6, 6.07) is 12.3. The van der Waals surface area contributed by atoms with E-state index in [1.54, 1.807) is 42.3 Å². The summed E-state index contributed by atoms with van der Waals surface area (Å²) >= 11 is 3.24. The van der Waals surface area contributed by atoms with Gasteiger partial charge in [-0.15, -0.1) is 11.8 Å². The number of thiazole rings is 1. The topological polar surface area (TPSA) is 45.7 Å². The van der Waals surface area contributed by atoms with E-state index < -0.39 is 0 Å². The number of halogens is 1. The third kappa shape index (κ3) is 4.64. The van der Waals surface area contributed by atoms with Gasteiger partial charge in [0, 0.05) is 43.2 Å². The van der Waals surface area contributed by atoms with Crippen molar-refractivity contribution in [2.45, 2.75) is 11.3 Å². The third-order valence-corrected chi connectivity index (χ3v) is 6.99. The molecule has 0 spiro atoms. The maximum atomic E-state index is 12.9. The normalized spacial score (nSPS) is 14.4. The van der Waals surface area contributed by atoms with Crippen molar-refractivity contribution in [3.8, 4) is 5.75 Å². The van der Waals surface area contributed by atoms with Crippen molar-refractivity contribution in [2.75, 3.05) is 43.9 Å². The summed E-state index contributed by atoms with van der Waals surface area (Å²) < 4.78 is 19.5. The monoisotopic (exact) mass is 431 g/mol. The Hall–Kier alpha value is -2.32. The van der Waals surface area contributed by atoms with E-state index in [-0.39, 0.29) is 11.7 Å². The number of para-hydroxylation sites is 1. The van der Waals surface area contributed by atoms with E-state index in [0.29, 0.717) is 25.3 Å². The molecular formula is C21H22FN3O2S2. The van der Waals surface area contributed by atoms with E-state index in [0.717, 1.165) is 39.1 Å². The van der Waals surface area contributed by atoms with Gasteiger partial charge in [0.2, 0.25) is 5.91 Å². The number of ether oxygens (including phenoxy) is 1. The van der Waals surface area contributed by atoms with Gasteiger partial charge in [-0.25, -0.2) is 9.37 Å². The van der Waals surface area contributed by atoms with E-state index in [1.165, 1.54) is 12.1 Å². The van der Waals surface area contributed by atoms with Crippen LogP contribution < -0.4 is 9.64 Å². The van der Waals surface area contributed by atoms with Crippen molar-refractivity contribution in [3.63, 3.8) is 0 Å². The number of carbonyl (C=O) groups is 1. The third-order valence-electron chi connectivity index (χ3n) is 4.89. The molecule has 3 aromatic rings. The first-order chi connectivity index (χ1) is 14.1. The molecule has 0 saturated carbocycles. The molecular weight excluding hydrogens is 409 g/mol. The van der Waals surface area contributed by atoms with Gasteiger partial charge in [-0.1, -0.05) is 17.4 Å². The Morgan fingerprint density at radius 3 is 2.66 bits per heavy atom. The average Bonchev–Trinajstić information content (AvgIpc) is 3.19. The van der Waals surface area contributed by atoms with E-state index in [2.05, 4.69) is 11.0 Å². The average molecular weight is 432 g/mol. The van der Waals surface area contributed by atoms with Crippen LogP contribution in [0.25, 0.3) is 10.2 Å². The molecule has 0 atom stereocenters. The maximum absolute atomic E-state index is 12.9. The molecule has 1 aromatic heterocycles. The van der Waals surface area contributed by atoms with Crippen LogP contribution in [0.4, 0.5) is 9.52 Å². The lowest BCUT2D eigenvalue weighted by Gasteiger charge is -2.34. The summed E-state index contributed by atoms with van der Waals surface area (Å²) in [6.07, 6.45) is 0.486. The summed E-state index contributed by atoms with van der Waals surface area (Å²) in [4.78, 5) is 22.4. The van der Waals surface area contributed by atoms with Crippen LogP contribution in [0, 0.1) is 5.82 Å². The SMILES string of the molecule is COc1cccc2sc(N3CCN(C(=O)CCSc4ccc(F)cc4)CC3)nc12. The highest BCUT2D eigenvalue weighted by atomic mass is 32.2. The minimum atomic E-state index is -0.241. The van der Waals surface area contributed by atoms with Gasteiger partial charge in [-0.05, 0) is 36.4 Å². The molecule has 2 heterocycles. The van der Waals surface area contributed by atoms with Crippen LogP contribution in [0.5, 0.6) is 5.75 Å². The second-order valence-corrected chi connectivity index (χ2v) is 8.90.